The first-order chi connectivity index (χ1) is 10.1. The van der Waals surface area contributed by atoms with Crippen LogP contribution >= 0.6 is 0 Å². The molecule has 2 unspecified atom stereocenters. The van der Waals surface area contributed by atoms with Crippen LogP contribution in [0.4, 0.5) is 0 Å². The van der Waals surface area contributed by atoms with Gasteiger partial charge in [0.15, 0.2) is 6.29 Å². The van der Waals surface area contributed by atoms with Crippen LogP contribution in [0, 0.1) is 6.92 Å². The lowest BCUT2D eigenvalue weighted by Crippen LogP contribution is -2.26. The fourth-order valence-electron chi connectivity index (χ4n) is 3.03. The van der Waals surface area contributed by atoms with Crippen LogP contribution in [-0.2, 0) is 4.74 Å². The zero-order valence-corrected chi connectivity index (χ0v) is 14.0. The predicted molar refractivity (Wildman–Crippen MR) is 87.9 cm³/mol. The monoisotopic (exact) mass is 290 g/mol. The highest BCUT2D eigenvalue weighted by Crippen LogP contribution is 2.27. The van der Waals surface area contributed by atoms with Crippen molar-refractivity contribution in [3.63, 3.8) is 0 Å². The Morgan fingerprint density at radius 2 is 1.86 bits per heavy atom. The van der Waals surface area contributed by atoms with Gasteiger partial charge >= 0.3 is 0 Å². The van der Waals surface area contributed by atoms with Crippen molar-refractivity contribution in [3.05, 3.63) is 29.3 Å². The van der Waals surface area contributed by atoms with E-state index < -0.39 is 0 Å². The van der Waals surface area contributed by atoms with E-state index in [0.717, 1.165) is 5.75 Å². The van der Waals surface area contributed by atoms with E-state index in [-0.39, 0.29) is 6.29 Å². The summed E-state index contributed by atoms with van der Waals surface area (Å²) in [5, 5.41) is 0. The summed E-state index contributed by atoms with van der Waals surface area (Å²) in [5.41, 5.74) is 2.59. The van der Waals surface area contributed by atoms with Crippen molar-refractivity contribution < 1.29 is 9.47 Å². The van der Waals surface area contributed by atoms with Crippen LogP contribution in [0.1, 0.15) is 76.3 Å². The van der Waals surface area contributed by atoms with E-state index in [1.165, 1.54) is 49.7 Å². The first kappa shape index (κ1) is 16.4. The van der Waals surface area contributed by atoms with Gasteiger partial charge in [0.25, 0.3) is 0 Å². The third-order valence-electron chi connectivity index (χ3n) is 4.61. The molecule has 1 aliphatic carbocycles. The molecule has 0 heterocycles. The summed E-state index contributed by atoms with van der Waals surface area (Å²) in [4.78, 5) is 0. The zero-order valence-electron chi connectivity index (χ0n) is 14.0. The molecule has 0 amide bonds. The standard InChI is InChI=1S/C19H30O2/c1-5-14(2)17-11-12-19(15(3)13-17)21-16(4)20-18-9-7-6-8-10-18/h11-14,16,18H,5-10H2,1-4H3. The van der Waals surface area contributed by atoms with Crippen molar-refractivity contribution in [1.29, 1.82) is 0 Å². The van der Waals surface area contributed by atoms with E-state index in [0.29, 0.717) is 12.0 Å². The lowest BCUT2D eigenvalue weighted by atomic mass is 9.97. The van der Waals surface area contributed by atoms with Crippen LogP contribution < -0.4 is 4.74 Å². The summed E-state index contributed by atoms with van der Waals surface area (Å²) in [6, 6.07) is 6.53. The van der Waals surface area contributed by atoms with Crippen LogP contribution in [0.15, 0.2) is 18.2 Å². The Morgan fingerprint density at radius 3 is 2.48 bits per heavy atom. The lowest BCUT2D eigenvalue weighted by molar-refractivity contribution is -0.117. The second-order valence-electron chi connectivity index (χ2n) is 6.42. The molecule has 0 spiro atoms. The molecule has 1 aromatic carbocycles. The van der Waals surface area contributed by atoms with Crippen LogP contribution in [-0.4, -0.2) is 12.4 Å². The SMILES string of the molecule is CCC(C)c1ccc(OC(C)OC2CCCCC2)c(C)c1. The molecule has 0 aliphatic heterocycles. The first-order valence-electron chi connectivity index (χ1n) is 8.52. The molecule has 118 valence electrons. The van der Waals surface area contributed by atoms with Crippen molar-refractivity contribution in [1.82, 2.24) is 0 Å². The normalized spacial score (nSPS) is 19.2. The molecule has 0 aromatic heterocycles. The molecule has 1 fully saturated rings. The molecule has 2 nitrogen and oxygen atoms in total. The highest BCUT2D eigenvalue weighted by molar-refractivity contribution is 5.37. The molecule has 0 saturated heterocycles. The Hall–Kier alpha value is -1.02. The van der Waals surface area contributed by atoms with Crippen molar-refractivity contribution in [2.75, 3.05) is 0 Å². The average Bonchev–Trinajstić information content (AvgIpc) is 2.49. The molecule has 2 rings (SSSR count). The summed E-state index contributed by atoms with van der Waals surface area (Å²) in [7, 11) is 0. The van der Waals surface area contributed by atoms with Gasteiger partial charge in [-0.1, -0.05) is 45.2 Å². The second kappa shape index (κ2) is 7.84. The lowest BCUT2D eigenvalue weighted by Gasteiger charge is -2.26. The van der Waals surface area contributed by atoms with Crippen molar-refractivity contribution in [2.45, 2.75) is 84.5 Å². The molecule has 2 heteroatoms. The highest BCUT2D eigenvalue weighted by atomic mass is 16.7. The number of hydrogen-bond donors (Lipinski definition) is 0. The van der Waals surface area contributed by atoms with Gasteiger partial charge in [0.05, 0.1) is 6.10 Å². The number of aryl methyl sites for hydroxylation is 1. The van der Waals surface area contributed by atoms with Crippen LogP contribution in [0.3, 0.4) is 0 Å². The predicted octanol–water partition coefficient (Wildman–Crippen LogP) is 5.58. The Bertz CT molecular complexity index is 435. The molecular weight excluding hydrogens is 260 g/mol. The number of rotatable bonds is 6. The van der Waals surface area contributed by atoms with E-state index in [2.05, 4.69) is 39.0 Å². The Morgan fingerprint density at radius 1 is 1.14 bits per heavy atom. The third-order valence-corrected chi connectivity index (χ3v) is 4.61. The van der Waals surface area contributed by atoms with E-state index >= 15 is 0 Å². The minimum atomic E-state index is -0.166. The number of hydrogen-bond acceptors (Lipinski definition) is 2. The van der Waals surface area contributed by atoms with Crippen LogP contribution in [0.25, 0.3) is 0 Å². The molecule has 0 bridgehead atoms. The molecule has 0 radical (unpaired) electrons. The minimum absolute atomic E-state index is 0.166. The first-order valence-corrected chi connectivity index (χ1v) is 8.52. The van der Waals surface area contributed by atoms with Crippen molar-refractivity contribution >= 4 is 0 Å². The summed E-state index contributed by atoms with van der Waals surface area (Å²) < 4.78 is 12.0. The Kier molecular flexibility index (Phi) is 6.10. The van der Waals surface area contributed by atoms with Crippen molar-refractivity contribution in [2.24, 2.45) is 0 Å². The van der Waals surface area contributed by atoms with Gasteiger partial charge in [-0.15, -0.1) is 0 Å². The average molecular weight is 290 g/mol. The fraction of sp³-hybridized carbons (Fsp3) is 0.684. The summed E-state index contributed by atoms with van der Waals surface area (Å²) >= 11 is 0. The van der Waals surface area contributed by atoms with Gasteiger partial charge in [0.2, 0.25) is 0 Å². The second-order valence-corrected chi connectivity index (χ2v) is 6.42. The molecule has 2 atom stereocenters. The van der Waals surface area contributed by atoms with Gasteiger partial charge in [-0.2, -0.15) is 0 Å². The van der Waals surface area contributed by atoms with E-state index in [1.807, 2.05) is 6.92 Å². The third kappa shape index (κ3) is 4.74. The summed E-state index contributed by atoms with van der Waals surface area (Å²) in [5.74, 6) is 1.55. The minimum Gasteiger partial charge on any atom is -0.465 e. The molecule has 1 saturated carbocycles. The van der Waals surface area contributed by atoms with E-state index in [1.54, 1.807) is 0 Å². The largest absolute Gasteiger partial charge is 0.465 e. The maximum Gasteiger partial charge on any atom is 0.197 e. The van der Waals surface area contributed by atoms with Gasteiger partial charge in [-0.3, -0.25) is 0 Å². The maximum atomic E-state index is 6.03. The van der Waals surface area contributed by atoms with Crippen molar-refractivity contribution in [3.8, 4) is 5.75 Å². The summed E-state index contributed by atoms with van der Waals surface area (Å²) in [6.07, 6.45) is 7.68. The van der Waals surface area contributed by atoms with E-state index in [4.69, 9.17) is 9.47 Å². The van der Waals surface area contributed by atoms with Gasteiger partial charge in [-0.05, 0) is 56.2 Å². The summed E-state index contributed by atoms with van der Waals surface area (Å²) in [6.45, 7) is 8.62. The molecule has 1 aliphatic rings. The Balaban J connectivity index is 1.92. The molecule has 21 heavy (non-hydrogen) atoms. The number of benzene rings is 1. The smallest absolute Gasteiger partial charge is 0.197 e. The highest BCUT2D eigenvalue weighted by Gasteiger charge is 2.18. The zero-order chi connectivity index (χ0) is 15.2. The molecule has 1 aromatic rings. The molecular formula is C19H30O2. The maximum absolute atomic E-state index is 6.03. The van der Waals surface area contributed by atoms with E-state index in [9.17, 15) is 0 Å². The number of ether oxygens (including phenoxy) is 2. The van der Waals surface area contributed by atoms with Gasteiger partial charge in [0, 0.05) is 0 Å². The van der Waals surface area contributed by atoms with Gasteiger partial charge in [-0.25, -0.2) is 0 Å². The van der Waals surface area contributed by atoms with Gasteiger partial charge in [0.1, 0.15) is 5.75 Å². The fourth-order valence-corrected chi connectivity index (χ4v) is 3.03. The van der Waals surface area contributed by atoms with Crippen LogP contribution in [0.2, 0.25) is 0 Å². The van der Waals surface area contributed by atoms with Crippen LogP contribution in [0.5, 0.6) is 5.75 Å². The Labute approximate surface area is 129 Å². The molecule has 0 N–H and O–H groups in total. The quantitative estimate of drug-likeness (QED) is 0.636. The topological polar surface area (TPSA) is 18.5 Å². The van der Waals surface area contributed by atoms with Gasteiger partial charge < -0.3 is 9.47 Å².